The maximum absolute atomic E-state index is 9.62. The van der Waals surface area contributed by atoms with Crippen LogP contribution in [0.15, 0.2) is 0 Å². The maximum Gasteiger partial charge on any atom is 0.101 e. The van der Waals surface area contributed by atoms with Crippen molar-refractivity contribution in [2.24, 2.45) is 5.73 Å². The third-order valence-electron chi connectivity index (χ3n) is 3.25. The predicted octanol–water partition coefficient (Wildman–Crippen LogP) is 1.45. The van der Waals surface area contributed by atoms with Crippen molar-refractivity contribution in [3.8, 4) is 0 Å². The fraction of sp³-hybridized carbons (Fsp3) is 1.00. The molecule has 1 unspecified atom stereocenters. The first-order valence-electron chi connectivity index (χ1n) is 6.79. The molecule has 1 fully saturated rings. The minimum Gasteiger partial charge on any atom is -0.388 e. The van der Waals surface area contributed by atoms with Gasteiger partial charge in [-0.25, -0.2) is 0 Å². The van der Waals surface area contributed by atoms with Gasteiger partial charge in [0.05, 0.1) is 19.8 Å². The van der Waals surface area contributed by atoms with Crippen molar-refractivity contribution in [2.75, 3.05) is 26.4 Å². The van der Waals surface area contributed by atoms with Crippen molar-refractivity contribution in [2.45, 2.75) is 57.1 Å². The normalized spacial score (nSPS) is 20.6. The van der Waals surface area contributed by atoms with Gasteiger partial charge < -0.3 is 20.3 Å². The summed E-state index contributed by atoms with van der Waals surface area (Å²) in [7, 11) is 0. The monoisotopic (exact) mass is 245 g/mol. The van der Waals surface area contributed by atoms with E-state index >= 15 is 0 Å². The molecule has 4 nitrogen and oxygen atoms in total. The van der Waals surface area contributed by atoms with Crippen molar-refractivity contribution in [3.05, 3.63) is 0 Å². The summed E-state index contributed by atoms with van der Waals surface area (Å²) >= 11 is 0. The van der Waals surface area contributed by atoms with Crippen LogP contribution in [0.2, 0.25) is 0 Å². The van der Waals surface area contributed by atoms with E-state index in [2.05, 4.69) is 6.92 Å². The highest BCUT2D eigenvalue weighted by atomic mass is 16.5. The molecule has 1 aliphatic carbocycles. The number of aliphatic hydroxyl groups excluding tert-OH is 1. The number of ether oxygens (including phenoxy) is 2. The topological polar surface area (TPSA) is 64.7 Å². The maximum atomic E-state index is 9.62. The Labute approximate surface area is 104 Å². The minimum absolute atomic E-state index is 0.150. The number of nitrogens with two attached hydrogens (primary N) is 1. The lowest BCUT2D eigenvalue weighted by Crippen LogP contribution is -2.42. The van der Waals surface area contributed by atoms with Gasteiger partial charge in [0, 0.05) is 12.1 Å². The Hall–Kier alpha value is -0.160. The molecule has 4 heteroatoms. The van der Waals surface area contributed by atoms with Crippen LogP contribution >= 0.6 is 0 Å². The molecule has 0 heterocycles. The van der Waals surface area contributed by atoms with Crippen LogP contribution in [0, 0.1) is 0 Å². The van der Waals surface area contributed by atoms with Crippen LogP contribution in [-0.2, 0) is 9.47 Å². The standard InChI is InChI=1S/C13H27NO3/c1-2-3-8-16-9-12(15)10-17-11-13(14)6-4-5-7-13/h12,15H,2-11,14H2,1H3. The molecule has 0 amide bonds. The lowest BCUT2D eigenvalue weighted by atomic mass is 10.0. The molecule has 3 N–H and O–H groups in total. The average Bonchev–Trinajstić information content (AvgIpc) is 2.72. The van der Waals surface area contributed by atoms with Crippen LogP contribution in [-0.4, -0.2) is 43.2 Å². The Morgan fingerprint density at radius 1 is 1.24 bits per heavy atom. The fourth-order valence-electron chi connectivity index (χ4n) is 2.14. The molecule has 1 aliphatic rings. The van der Waals surface area contributed by atoms with Gasteiger partial charge in [0.15, 0.2) is 0 Å². The van der Waals surface area contributed by atoms with Crippen molar-refractivity contribution in [1.29, 1.82) is 0 Å². The van der Waals surface area contributed by atoms with E-state index < -0.39 is 6.10 Å². The van der Waals surface area contributed by atoms with E-state index in [-0.39, 0.29) is 5.54 Å². The van der Waals surface area contributed by atoms with E-state index in [1.165, 1.54) is 12.8 Å². The molecule has 0 aromatic carbocycles. The molecule has 0 spiro atoms. The summed E-state index contributed by atoms with van der Waals surface area (Å²) < 4.78 is 10.8. The van der Waals surface area contributed by atoms with Crippen molar-refractivity contribution in [1.82, 2.24) is 0 Å². The molecule has 0 radical (unpaired) electrons. The second-order valence-electron chi connectivity index (χ2n) is 5.17. The van der Waals surface area contributed by atoms with Gasteiger partial charge in [-0.3, -0.25) is 0 Å². The number of aliphatic hydroxyl groups is 1. The molecule has 0 aromatic heterocycles. The van der Waals surface area contributed by atoms with Crippen LogP contribution in [0.3, 0.4) is 0 Å². The first-order chi connectivity index (χ1) is 8.16. The molecule has 1 saturated carbocycles. The van der Waals surface area contributed by atoms with Gasteiger partial charge in [-0.1, -0.05) is 26.2 Å². The average molecular weight is 245 g/mol. The van der Waals surface area contributed by atoms with Gasteiger partial charge in [-0.05, 0) is 19.3 Å². The Morgan fingerprint density at radius 3 is 2.53 bits per heavy atom. The Morgan fingerprint density at radius 2 is 1.88 bits per heavy atom. The summed E-state index contributed by atoms with van der Waals surface area (Å²) in [6, 6.07) is 0. The largest absolute Gasteiger partial charge is 0.388 e. The van der Waals surface area contributed by atoms with Gasteiger partial charge >= 0.3 is 0 Å². The summed E-state index contributed by atoms with van der Waals surface area (Å²) in [5.41, 5.74) is 6.00. The summed E-state index contributed by atoms with van der Waals surface area (Å²) in [5.74, 6) is 0. The first kappa shape index (κ1) is 14.9. The van der Waals surface area contributed by atoms with Crippen LogP contribution < -0.4 is 5.73 Å². The Kier molecular flexibility index (Phi) is 7.04. The van der Waals surface area contributed by atoms with E-state index in [1.807, 2.05) is 0 Å². The molecule has 0 aliphatic heterocycles. The van der Waals surface area contributed by atoms with E-state index in [1.54, 1.807) is 0 Å². The van der Waals surface area contributed by atoms with E-state index in [0.29, 0.717) is 26.4 Å². The van der Waals surface area contributed by atoms with Crippen LogP contribution in [0.5, 0.6) is 0 Å². The van der Waals surface area contributed by atoms with Gasteiger partial charge in [-0.2, -0.15) is 0 Å². The molecular formula is C13H27NO3. The highest BCUT2D eigenvalue weighted by Gasteiger charge is 2.29. The number of hydrogen-bond acceptors (Lipinski definition) is 4. The van der Waals surface area contributed by atoms with Gasteiger partial charge in [0.1, 0.15) is 6.10 Å². The Balaban J connectivity index is 1.97. The van der Waals surface area contributed by atoms with E-state index in [9.17, 15) is 5.11 Å². The zero-order chi connectivity index (χ0) is 12.6. The minimum atomic E-state index is -0.531. The van der Waals surface area contributed by atoms with Gasteiger partial charge in [-0.15, -0.1) is 0 Å². The summed E-state index contributed by atoms with van der Waals surface area (Å²) in [6.07, 6.45) is 6.09. The Bertz CT molecular complexity index is 193. The molecule has 0 bridgehead atoms. The van der Waals surface area contributed by atoms with Crippen LogP contribution in [0.1, 0.15) is 45.4 Å². The van der Waals surface area contributed by atoms with E-state index in [4.69, 9.17) is 15.2 Å². The predicted molar refractivity (Wildman–Crippen MR) is 67.9 cm³/mol. The zero-order valence-electron chi connectivity index (χ0n) is 11.0. The third kappa shape index (κ3) is 6.36. The molecule has 0 saturated heterocycles. The van der Waals surface area contributed by atoms with Crippen molar-refractivity contribution >= 4 is 0 Å². The molecule has 0 aromatic rings. The lowest BCUT2D eigenvalue weighted by Gasteiger charge is -2.24. The van der Waals surface area contributed by atoms with Crippen molar-refractivity contribution in [3.63, 3.8) is 0 Å². The highest BCUT2D eigenvalue weighted by molar-refractivity contribution is 4.88. The smallest absolute Gasteiger partial charge is 0.101 e. The molecule has 1 atom stereocenters. The summed E-state index contributed by atoms with van der Waals surface area (Å²) in [5, 5.41) is 9.62. The summed E-state index contributed by atoms with van der Waals surface area (Å²) in [4.78, 5) is 0. The molecule has 17 heavy (non-hydrogen) atoms. The zero-order valence-corrected chi connectivity index (χ0v) is 11.0. The summed E-state index contributed by atoms with van der Waals surface area (Å²) in [6.45, 7) is 4.07. The SMILES string of the molecule is CCCCOCC(O)COCC1(N)CCCC1. The van der Waals surface area contributed by atoms with Crippen LogP contribution in [0.25, 0.3) is 0 Å². The van der Waals surface area contributed by atoms with Gasteiger partial charge in [0.2, 0.25) is 0 Å². The fourth-order valence-corrected chi connectivity index (χ4v) is 2.14. The molecule has 1 rings (SSSR count). The number of unbranched alkanes of at least 4 members (excludes halogenated alkanes) is 1. The third-order valence-corrected chi connectivity index (χ3v) is 3.25. The second-order valence-corrected chi connectivity index (χ2v) is 5.17. The lowest BCUT2D eigenvalue weighted by molar-refractivity contribution is -0.0290. The quantitative estimate of drug-likeness (QED) is 0.603. The molecular weight excluding hydrogens is 218 g/mol. The second kappa shape index (κ2) is 8.03. The molecule has 102 valence electrons. The number of rotatable bonds is 9. The van der Waals surface area contributed by atoms with Crippen molar-refractivity contribution < 1.29 is 14.6 Å². The number of hydrogen-bond donors (Lipinski definition) is 2. The van der Waals surface area contributed by atoms with Crippen LogP contribution in [0.4, 0.5) is 0 Å². The highest BCUT2D eigenvalue weighted by Crippen LogP contribution is 2.27. The first-order valence-corrected chi connectivity index (χ1v) is 6.79. The van der Waals surface area contributed by atoms with Gasteiger partial charge in [0.25, 0.3) is 0 Å². The van der Waals surface area contributed by atoms with E-state index in [0.717, 1.165) is 25.7 Å².